The number of hydrogen-bond acceptors (Lipinski definition) is 3. The summed E-state index contributed by atoms with van der Waals surface area (Å²) in [4.78, 5) is 11.6. The van der Waals surface area contributed by atoms with Gasteiger partial charge in [-0.2, -0.15) is 0 Å². The van der Waals surface area contributed by atoms with E-state index in [2.05, 4.69) is 15.9 Å². The van der Waals surface area contributed by atoms with Gasteiger partial charge in [0.05, 0.1) is 18.0 Å². The molecule has 0 aliphatic carbocycles. The maximum absolute atomic E-state index is 11.6. The molecule has 2 aromatic rings. The number of methoxy groups -OCH3 is 1. The van der Waals surface area contributed by atoms with Crippen LogP contribution in [-0.4, -0.2) is 13.1 Å². The number of ether oxygens (including phenoxy) is 1. The molecule has 0 saturated heterocycles. The molecule has 0 saturated carbocycles. The second kappa shape index (κ2) is 5.19. The summed E-state index contributed by atoms with van der Waals surface area (Å²) >= 11 is 3.32. The van der Waals surface area contributed by atoms with Crippen LogP contribution in [0.15, 0.2) is 40.8 Å². The molecule has 0 aliphatic heterocycles. The second-order valence-electron chi connectivity index (χ2n) is 3.44. The minimum absolute atomic E-state index is 0.364. The normalized spacial score (nSPS) is 10.2. The van der Waals surface area contributed by atoms with Crippen molar-refractivity contribution in [2.24, 2.45) is 0 Å². The first-order chi connectivity index (χ1) is 8.26. The Morgan fingerprint density at radius 3 is 2.71 bits per heavy atom. The summed E-state index contributed by atoms with van der Waals surface area (Å²) in [7, 11) is 1.37. The quantitative estimate of drug-likeness (QED) is 0.641. The zero-order chi connectivity index (χ0) is 12.3. The fourth-order valence-electron chi connectivity index (χ4n) is 1.58. The Balaban J connectivity index is 2.47. The van der Waals surface area contributed by atoms with E-state index in [-0.39, 0.29) is 5.97 Å². The van der Waals surface area contributed by atoms with Gasteiger partial charge in [0.2, 0.25) is 0 Å². The lowest BCUT2D eigenvalue weighted by Gasteiger charge is -2.04. The van der Waals surface area contributed by atoms with Crippen molar-refractivity contribution in [3.05, 3.63) is 47.7 Å². The van der Waals surface area contributed by atoms with Gasteiger partial charge in [-0.25, -0.2) is 4.79 Å². The lowest BCUT2D eigenvalue weighted by Crippen LogP contribution is -2.02. The van der Waals surface area contributed by atoms with E-state index >= 15 is 0 Å². The van der Waals surface area contributed by atoms with Gasteiger partial charge >= 0.3 is 5.97 Å². The number of hydrogen-bond donors (Lipinski definition) is 0. The zero-order valence-electron chi connectivity index (χ0n) is 9.27. The highest BCUT2D eigenvalue weighted by Gasteiger charge is 2.14. The molecule has 88 valence electrons. The van der Waals surface area contributed by atoms with Gasteiger partial charge in [-0.05, 0) is 18.2 Å². The summed E-state index contributed by atoms with van der Waals surface area (Å²) in [5.41, 5.74) is 1.25. The Kier molecular flexibility index (Phi) is 3.64. The molecule has 0 spiro atoms. The zero-order valence-corrected chi connectivity index (χ0v) is 10.9. The molecular formula is C13H11BrO3. The second-order valence-corrected chi connectivity index (χ2v) is 4.00. The van der Waals surface area contributed by atoms with E-state index < -0.39 is 0 Å². The van der Waals surface area contributed by atoms with Crippen molar-refractivity contribution in [3.63, 3.8) is 0 Å². The van der Waals surface area contributed by atoms with Crippen molar-refractivity contribution in [3.8, 4) is 11.3 Å². The largest absolute Gasteiger partial charge is 0.465 e. The summed E-state index contributed by atoms with van der Waals surface area (Å²) in [6.45, 7) is 0. The summed E-state index contributed by atoms with van der Waals surface area (Å²) in [5.74, 6) is 1.12. The van der Waals surface area contributed by atoms with Gasteiger partial charge in [0.15, 0.2) is 0 Å². The van der Waals surface area contributed by atoms with E-state index in [4.69, 9.17) is 9.15 Å². The van der Waals surface area contributed by atoms with E-state index in [1.165, 1.54) is 7.11 Å². The maximum atomic E-state index is 11.6. The Labute approximate surface area is 108 Å². The number of carbonyl (C=O) groups excluding carboxylic acids is 1. The summed E-state index contributed by atoms with van der Waals surface area (Å²) in [5, 5.41) is 0.646. The van der Waals surface area contributed by atoms with Crippen LogP contribution in [0.25, 0.3) is 11.3 Å². The van der Waals surface area contributed by atoms with Crippen molar-refractivity contribution in [1.29, 1.82) is 0 Å². The van der Waals surface area contributed by atoms with Gasteiger partial charge in [-0.3, -0.25) is 0 Å². The number of benzene rings is 1. The fourth-order valence-corrected chi connectivity index (χ4v) is 1.88. The molecule has 0 aliphatic rings. The van der Waals surface area contributed by atoms with Gasteiger partial charge in [0, 0.05) is 5.56 Å². The first-order valence-electron chi connectivity index (χ1n) is 5.08. The van der Waals surface area contributed by atoms with Gasteiger partial charge in [0.25, 0.3) is 0 Å². The first kappa shape index (κ1) is 11.9. The Hall–Kier alpha value is -1.55. The van der Waals surface area contributed by atoms with Crippen molar-refractivity contribution in [1.82, 2.24) is 0 Å². The van der Waals surface area contributed by atoms with Crippen molar-refractivity contribution >= 4 is 21.9 Å². The van der Waals surface area contributed by atoms with Crippen LogP contribution in [0.5, 0.6) is 0 Å². The average Bonchev–Trinajstić information content (AvgIpc) is 2.86. The SMILES string of the molecule is COC(=O)c1ccccc1-c1ccc(CBr)o1. The van der Waals surface area contributed by atoms with Gasteiger partial charge in [-0.1, -0.05) is 34.1 Å². The molecule has 1 heterocycles. The molecule has 4 heteroatoms. The predicted molar refractivity (Wildman–Crippen MR) is 68.1 cm³/mol. The molecule has 2 rings (SSSR count). The summed E-state index contributed by atoms with van der Waals surface area (Å²) in [6.07, 6.45) is 0. The topological polar surface area (TPSA) is 39.4 Å². The van der Waals surface area contributed by atoms with E-state index in [1.54, 1.807) is 12.1 Å². The monoisotopic (exact) mass is 294 g/mol. The van der Waals surface area contributed by atoms with Crippen LogP contribution in [0.2, 0.25) is 0 Å². The van der Waals surface area contributed by atoms with Crippen LogP contribution in [0.1, 0.15) is 16.1 Å². The molecule has 0 N–H and O–H groups in total. The Morgan fingerprint density at radius 2 is 2.06 bits per heavy atom. The van der Waals surface area contributed by atoms with Crippen LogP contribution in [-0.2, 0) is 10.1 Å². The highest BCUT2D eigenvalue weighted by atomic mass is 79.9. The van der Waals surface area contributed by atoms with E-state index in [1.807, 2.05) is 24.3 Å². The molecule has 3 nitrogen and oxygen atoms in total. The molecule has 1 aromatic carbocycles. The third-order valence-corrected chi connectivity index (χ3v) is 2.94. The van der Waals surface area contributed by atoms with Gasteiger partial charge in [-0.15, -0.1) is 0 Å². The van der Waals surface area contributed by atoms with Crippen LogP contribution in [0, 0.1) is 0 Å². The predicted octanol–water partition coefficient (Wildman–Crippen LogP) is 3.63. The Morgan fingerprint density at radius 1 is 1.29 bits per heavy atom. The van der Waals surface area contributed by atoms with Gasteiger partial charge in [0.1, 0.15) is 11.5 Å². The smallest absolute Gasteiger partial charge is 0.338 e. The molecule has 0 amide bonds. The highest BCUT2D eigenvalue weighted by molar-refractivity contribution is 9.08. The van der Waals surface area contributed by atoms with Crippen molar-refractivity contribution in [2.75, 3.05) is 7.11 Å². The van der Waals surface area contributed by atoms with Crippen molar-refractivity contribution in [2.45, 2.75) is 5.33 Å². The summed E-state index contributed by atoms with van der Waals surface area (Å²) in [6, 6.07) is 10.9. The third-order valence-electron chi connectivity index (χ3n) is 2.39. The average molecular weight is 295 g/mol. The third kappa shape index (κ3) is 2.42. The lowest BCUT2D eigenvalue weighted by atomic mass is 10.1. The maximum Gasteiger partial charge on any atom is 0.338 e. The molecule has 17 heavy (non-hydrogen) atoms. The minimum atomic E-state index is -0.364. The van der Waals surface area contributed by atoms with E-state index in [0.29, 0.717) is 16.7 Å². The van der Waals surface area contributed by atoms with Crippen LogP contribution in [0.3, 0.4) is 0 Å². The van der Waals surface area contributed by atoms with Gasteiger partial charge < -0.3 is 9.15 Å². The molecule has 0 fully saturated rings. The number of esters is 1. The number of alkyl halides is 1. The summed E-state index contributed by atoms with van der Waals surface area (Å²) < 4.78 is 10.3. The van der Waals surface area contributed by atoms with Crippen LogP contribution in [0.4, 0.5) is 0 Å². The van der Waals surface area contributed by atoms with E-state index in [0.717, 1.165) is 11.3 Å². The number of carbonyl (C=O) groups is 1. The molecule has 0 bridgehead atoms. The molecule has 0 radical (unpaired) electrons. The fraction of sp³-hybridized carbons (Fsp3) is 0.154. The highest BCUT2D eigenvalue weighted by Crippen LogP contribution is 2.27. The number of halogens is 1. The molecule has 1 aromatic heterocycles. The molecular weight excluding hydrogens is 284 g/mol. The van der Waals surface area contributed by atoms with E-state index in [9.17, 15) is 4.79 Å². The standard InChI is InChI=1S/C13H11BrO3/c1-16-13(15)11-5-3-2-4-10(11)12-7-6-9(8-14)17-12/h2-7H,8H2,1H3. The van der Waals surface area contributed by atoms with Crippen LogP contribution >= 0.6 is 15.9 Å². The Bertz CT molecular complexity index is 531. The number of rotatable bonds is 3. The molecule has 0 unspecified atom stereocenters. The minimum Gasteiger partial charge on any atom is -0.465 e. The van der Waals surface area contributed by atoms with Crippen LogP contribution < -0.4 is 0 Å². The van der Waals surface area contributed by atoms with Crippen molar-refractivity contribution < 1.29 is 13.9 Å². The lowest BCUT2D eigenvalue weighted by molar-refractivity contribution is 0.0601. The molecule has 0 atom stereocenters. The number of furan rings is 1. The first-order valence-corrected chi connectivity index (χ1v) is 6.21.